The number of nitrogens with zero attached hydrogens (tertiary/aromatic N) is 5. The number of carbonyl (C=O) groups is 3. The molecule has 9 heteroatoms. The van der Waals surface area contributed by atoms with Gasteiger partial charge in [-0.3, -0.25) is 24.2 Å². The Kier molecular flexibility index (Phi) is 6.40. The van der Waals surface area contributed by atoms with E-state index < -0.39 is 17.9 Å². The van der Waals surface area contributed by atoms with Crippen LogP contribution in [0, 0.1) is 5.92 Å². The average Bonchev–Trinajstić information content (AvgIpc) is 3.49. The zero-order chi connectivity index (χ0) is 25.4. The van der Waals surface area contributed by atoms with Crippen molar-refractivity contribution in [1.29, 1.82) is 0 Å². The lowest BCUT2D eigenvalue weighted by Crippen LogP contribution is -2.57. The van der Waals surface area contributed by atoms with Gasteiger partial charge in [-0.1, -0.05) is 61.5 Å². The van der Waals surface area contributed by atoms with Gasteiger partial charge in [0.2, 0.25) is 17.6 Å². The fraction of sp³-hybridized carbons (Fsp3) is 0.370. The molecule has 1 fully saturated rings. The summed E-state index contributed by atoms with van der Waals surface area (Å²) >= 11 is 0. The number of benzene rings is 2. The minimum absolute atomic E-state index is 0.107. The van der Waals surface area contributed by atoms with E-state index in [-0.39, 0.29) is 17.9 Å². The summed E-state index contributed by atoms with van der Waals surface area (Å²) in [6, 6.07) is 15.4. The lowest BCUT2D eigenvalue weighted by atomic mass is 10.00. The van der Waals surface area contributed by atoms with E-state index in [1.165, 1.54) is 0 Å². The van der Waals surface area contributed by atoms with Crippen molar-refractivity contribution in [1.82, 2.24) is 24.8 Å². The van der Waals surface area contributed by atoms with Crippen LogP contribution in [-0.4, -0.2) is 74.8 Å². The summed E-state index contributed by atoms with van der Waals surface area (Å²) in [7, 11) is 0. The van der Waals surface area contributed by atoms with Crippen LogP contribution >= 0.6 is 0 Å². The van der Waals surface area contributed by atoms with Crippen LogP contribution in [0.2, 0.25) is 0 Å². The third-order valence-corrected chi connectivity index (χ3v) is 6.99. The molecule has 0 N–H and O–H groups in total. The summed E-state index contributed by atoms with van der Waals surface area (Å²) in [5.74, 6) is -0.143. The van der Waals surface area contributed by atoms with Crippen molar-refractivity contribution in [2.75, 3.05) is 26.2 Å². The van der Waals surface area contributed by atoms with Gasteiger partial charge in [-0.25, -0.2) is 0 Å². The molecule has 3 amide bonds. The molecule has 186 valence electrons. The molecule has 3 aromatic rings. The first-order valence-electron chi connectivity index (χ1n) is 12.3. The van der Waals surface area contributed by atoms with E-state index in [0.717, 1.165) is 10.5 Å². The predicted octanol–water partition coefficient (Wildman–Crippen LogP) is 3.26. The molecule has 1 saturated heterocycles. The number of fused-ring (bicyclic) bond motifs is 1. The molecule has 3 heterocycles. The lowest BCUT2D eigenvalue weighted by Gasteiger charge is -2.40. The van der Waals surface area contributed by atoms with Gasteiger partial charge in [0.25, 0.3) is 11.8 Å². The number of imide groups is 1. The molecule has 0 saturated carbocycles. The molecule has 0 radical (unpaired) electrons. The van der Waals surface area contributed by atoms with E-state index in [4.69, 9.17) is 4.52 Å². The summed E-state index contributed by atoms with van der Waals surface area (Å²) in [5.41, 5.74) is 1.60. The SMILES string of the molecule is CC(C)C(C(=O)N1CCN(C(C)c2nc(-c3ccccc3)no2)CC1)N1C(=O)c2ccccc2C1=O. The highest BCUT2D eigenvalue weighted by atomic mass is 16.5. The van der Waals surface area contributed by atoms with Gasteiger partial charge in [0, 0.05) is 31.7 Å². The van der Waals surface area contributed by atoms with Gasteiger partial charge in [-0.05, 0) is 25.0 Å². The topological polar surface area (TPSA) is 99.8 Å². The molecule has 36 heavy (non-hydrogen) atoms. The van der Waals surface area contributed by atoms with Crippen LogP contribution in [0.1, 0.15) is 53.4 Å². The van der Waals surface area contributed by atoms with Gasteiger partial charge < -0.3 is 9.42 Å². The maximum atomic E-state index is 13.6. The van der Waals surface area contributed by atoms with Crippen molar-refractivity contribution in [2.24, 2.45) is 5.92 Å². The third kappa shape index (κ3) is 4.19. The largest absolute Gasteiger partial charge is 0.338 e. The van der Waals surface area contributed by atoms with Crippen LogP contribution in [0.15, 0.2) is 59.1 Å². The van der Waals surface area contributed by atoms with Crippen molar-refractivity contribution >= 4 is 17.7 Å². The normalized spacial score (nSPS) is 18.0. The van der Waals surface area contributed by atoms with Crippen molar-refractivity contribution in [2.45, 2.75) is 32.9 Å². The van der Waals surface area contributed by atoms with Crippen molar-refractivity contribution in [3.8, 4) is 11.4 Å². The first-order chi connectivity index (χ1) is 17.4. The second kappa shape index (κ2) is 9.66. The smallest absolute Gasteiger partial charge is 0.262 e. The first-order valence-corrected chi connectivity index (χ1v) is 12.3. The van der Waals surface area contributed by atoms with Gasteiger partial charge in [-0.2, -0.15) is 4.98 Å². The van der Waals surface area contributed by atoms with E-state index in [1.54, 1.807) is 29.2 Å². The maximum Gasteiger partial charge on any atom is 0.262 e. The minimum atomic E-state index is -0.842. The van der Waals surface area contributed by atoms with Gasteiger partial charge in [0.05, 0.1) is 17.2 Å². The number of hydrogen-bond donors (Lipinski definition) is 0. The number of aromatic nitrogens is 2. The number of carbonyl (C=O) groups excluding carboxylic acids is 3. The number of rotatable bonds is 6. The molecule has 9 nitrogen and oxygen atoms in total. The molecule has 2 aliphatic heterocycles. The number of amides is 3. The second-order valence-corrected chi connectivity index (χ2v) is 9.57. The molecule has 0 aliphatic carbocycles. The van der Waals surface area contributed by atoms with Gasteiger partial charge in [0.1, 0.15) is 6.04 Å². The average molecular weight is 488 g/mol. The summed E-state index contributed by atoms with van der Waals surface area (Å²) in [5, 5.41) is 4.12. The standard InChI is InChI=1S/C27H29N5O4/c1-17(2)22(32-25(33)20-11-7-8-12-21(20)26(32)34)27(35)31-15-13-30(14-16-31)18(3)24-28-23(29-36-24)19-9-5-4-6-10-19/h4-12,17-18,22H,13-16H2,1-3H3. The Hall–Kier alpha value is -3.85. The Morgan fingerprint density at radius 1 is 0.861 bits per heavy atom. The lowest BCUT2D eigenvalue weighted by molar-refractivity contribution is -0.139. The highest BCUT2D eigenvalue weighted by Gasteiger charge is 2.45. The summed E-state index contributed by atoms with van der Waals surface area (Å²) in [4.78, 5) is 49.3. The third-order valence-electron chi connectivity index (χ3n) is 6.99. The van der Waals surface area contributed by atoms with Crippen LogP contribution in [0.25, 0.3) is 11.4 Å². The Bertz CT molecular complexity index is 1250. The van der Waals surface area contributed by atoms with E-state index in [2.05, 4.69) is 15.0 Å². The van der Waals surface area contributed by atoms with Crippen molar-refractivity contribution in [3.63, 3.8) is 0 Å². The maximum absolute atomic E-state index is 13.6. The highest BCUT2D eigenvalue weighted by molar-refractivity contribution is 6.22. The van der Waals surface area contributed by atoms with Crippen LogP contribution in [-0.2, 0) is 4.79 Å². The van der Waals surface area contributed by atoms with Gasteiger partial charge >= 0.3 is 0 Å². The summed E-state index contributed by atoms with van der Waals surface area (Å²) in [6.07, 6.45) is 0. The second-order valence-electron chi connectivity index (χ2n) is 9.57. The van der Waals surface area contributed by atoms with Crippen LogP contribution < -0.4 is 0 Å². The zero-order valence-electron chi connectivity index (χ0n) is 20.6. The molecule has 5 rings (SSSR count). The number of hydrogen-bond acceptors (Lipinski definition) is 7. The molecule has 0 bridgehead atoms. The summed E-state index contributed by atoms with van der Waals surface area (Å²) < 4.78 is 5.53. The van der Waals surface area contributed by atoms with Gasteiger partial charge in [-0.15, -0.1) is 0 Å². The van der Waals surface area contributed by atoms with Crippen molar-refractivity contribution < 1.29 is 18.9 Å². The van der Waals surface area contributed by atoms with E-state index in [9.17, 15) is 14.4 Å². The molecular formula is C27H29N5O4. The minimum Gasteiger partial charge on any atom is -0.338 e. The summed E-state index contributed by atoms with van der Waals surface area (Å²) in [6.45, 7) is 7.93. The van der Waals surface area contributed by atoms with E-state index in [1.807, 2.05) is 51.1 Å². The van der Waals surface area contributed by atoms with Gasteiger partial charge in [0.15, 0.2) is 0 Å². The monoisotopic (exact) mass is 487 g/mol. The van der Waals surface area contributed by atoms with Crippen LogP contribution in [0.5, 0.6) is 0 Å². The quantitative estimate of drug-likeness (QED) is 0.492. The Labute approximate surface area is 209 Å². The molecule has 2 unspecified atom stereocenters. The Balaban J connectivity index is 1.25. The molecule has 0 spiro atoms. The molecule has 1 aromatic heterocycles. The fourth-order valence-corrected chi connectivity index (χ4v) is 4.94. The first kappa shape index (κ1) is 23.9. The molecule has 2 aliphatic rings. The highest BCUT2D eigenvalue weighted by Crippen LogP contribution is 2.29. The van der Waals surface area contributed by atoms with E-state index >= 15 is 0 Å². The van der Waals surface area contributed by atoms with E-state index in [0.29, 0.717) is 49.0 Å². The molecule has 2 aromatic carbocycles. The fourth-order valence-electron chi connectivity index (χ4n) is 4.94. The number of piperazine rings is 1. The molecule has 2 atom stereocenters. The predicted molar refractivity (Wildman–Crippen MR) is 132 cm³/mol. The zero-order valence-corrected chi connectivity index (χ0v) is 20.6. The molecular weight excluding hydrogens is 458 g/mol. The van der Waals surface area contributed by atoms with Crippen LogP contribution in [0.4, 0.5) is 0 Å². The van der Waals surface area contributed by atoms with Crippen LogP contribution in [0.3, 0.4) is 0 Å². The Morgan fingerprint density at radius 2 is 1.44 bits per heavy atom. The Morgan fingerprint density at radius 3 is 2.03 bits per heavy atom. The van der Waals surface area contributed by atoms with Crippen molar-refractivity contribution in [3.05, 3.63) is 71.6 Å².